The molecule has 0 aromatic carbocycles. The zero-order valence-electron chi connectivity index (χ0n) is 11.0. The number of allylic oxidation sites excluding steroid dienone is 1. The molecular weight excluding hydrogens is 200 g/mol. The van der Waals surface area contributed by atoms with Gasteiger partial charge in [0, 0.05) is 6.61 Å². The maximum Gasteiger partial charge on any atom is 0.192 e. The highest BCUT2D eigenvalue weighted by Gasteiger charge is 2.37. The van der Waals surface area contributed by atoms with Crippen LogP contribution in [-0.4, -0.2) is 14.9 Å². The molecule has 1 nitrogen and oxygen atoms in total. The van der Waals surface area contributed by atoms with Crippen LogP contribution in [0.5, 0.6) is 0 Å². The van der Waals surface area contributed by atoms with E-state index in [1.807, 2.05) is 0 Å². The summed E-state index contributed by atoms with van der Waals surface area (Å²) < 4.78 is 6.22. The fourth-order valence-electron chi connectivity index (χ4n) is 1.55. The highest BCUT2D eigenvalue weighted by molar-refractivity contribution is 6.74. The first kappa shape index (κ1) is 13.0. The fraction of sp³-hybridized carbons (Fsp3) is 0.846. The van der Waals surface area contributed by atoms with Crippen molar-refractivity contribution in [2.75, 3.05) is 6.61 Å². The van der Waals surface area contributed by atoms with E-state index in [1.165, 1.54) is 19.3 Å². The lowest BCUT2D eigenvalue weighted by atomic mass is 9.97. The van der Waals surface area contributed by atoms with Crippen molar-refractivity contribution < 1.29 is 4.43 Å². The van der Waals surface area contributed by atoms with Crippen molar-refractivity contribution in [1.29, 1.82) is 0 Å². The van der Waals surface area contributed by atoms with Gasteiger partial charge in [0.2, 0.25) is 0 Å². The molecule has 0 aliphatic heterocycles. The monoisotopic (exact) mass is 226 g/mol. The van der Waals surface area contributed by atoms with Gasteiger partial charge in [-0.05, 0) is 43.3 Å². The predicted octanol–water partition coefficient (Wildman–Crippen LogP) is 4.36. The van der Waals surface area contributed by atoms with E-state index in [-0.39, 0.29) is 0 Å². The Kier molecular flexibility index (Phi) is 4.18. The van der Waals surface area contributed by atoms with Gasteiger partial charge in [0.25, 0.3) is 0 Å². The maximum atomic E-state index is 6.22. The molecule has 0 unspecified atom stereocenters. The van der Waals surface area contributed by atoms with Crippen LogP contribution in [-0.2, 0) is 4.43 Å². The second-order valence-electron chi connectivity index (χ2n) is 6.19. The summed E-state index contributed by atoms with van der Waals surface area (Å²) >= 11 is 0. The van der Waals surface area contributed by atoms with Gasteiger partial charge >= 0.3 is 0 Å². The Hall–Kier alpha value is -0.0831. The molecule has 1 rings (SSSR count). The average Bonchev–Trinajstić information content (AvgIpc) is 2.15. The average molecular weight is 226 g/mol. The molecule has 0 saturated carbocycles. The SMILES string of the molecule is CC(C)(C)[Si](C)(C)OC[C@H]1C=CCCC1. The Morgan fingerprint density at radius 1 is 1.33 bits per heavy atom. The molecule has 0 aromatic rings. The normalized spacial score (nSPS) is 23.1. The van der Waals surface area contributed by atoms with Crippen LogP contribution in [0.25, 0.3) is 0 Å². The number of rotatable bonds is 3. The molecule has 88 valence electrons. The summed E-state index contributed by atoms with van der Waals surface area (Å²) in [4.78, 5) is 0. The van der Waals surface area contributed by atoms with E-state index in [0.29, 0.717) is 11.0 Å². The van der Waals surface area contributed by atoms with Gasteiger partial charge in [0.05, 0.1) is 0 Å². The van der Waals surface area contributed by atoms with Crippen LogP contribution in [0.15, 0.2) is 12.2 Å². The van der Waals surface area contributed by atoms with Gasteiger partial charge in [0.15, 0.2) is 8.32 Å². The van der Waals surface area contributed by atoms with Crippen LogP contribution in [0, 0.1) is 5.92 Å². The minimum atomic E-state index is -1.52. The predicted molar refractivity (Wildman–Crippen MR) is 69.6 cm³/mol. The van der Waals surface area contributed by atoms with E-state index in [0.717, 1.165) is 6.61 Å². The maximum absolute atomic E-state index is 6.22. The Morgan fingerprint density at radius 2 is 2.00 bits per heavy atom. The minimum absolute atomic E-state index is 0.339. The first-order valence-corrected chi connectivity index (χ1v) is 9.04. The van der Waals surface area contributed by atoms with E-state index in [9.17, 15) is 0 Å². The van der Waals surface area contributed by atoms with Crippen LogP contribution in [0.4, 0.5) is 0 Å². The second-order valence-corrected chi connectivity index (χ2v) is 11.0. The third-order valence-corrected chi connectivity index (χ3v) is 8.32. The third-order valence-electron chi connectivity index (χ3n) is 3.82. The molecule has 0 radical (unpaired) electrons. The van der Waals surface area contributed by atoms with Crippen LogP contribution in [0.3, 0.4) is 0 Å². The highest BCUT2D eigenvalue weighted by Crippen LogP contribution is 2.37. The Balaban J connectivity index is 2.42. The molecule has 1 atom stereocenters. The highest BCUT2D eigenvalue weighted by atomic mass is 28.4. The Labute approximate surface area is 96.0 Å². The molecule has 0 bridgehead atoms. The van der Waals surface area contributed by atoms with Crippen LogP contribution >= 0.6 is 0 Å². The smallest absolute Gasteiger partial charge is 0.192 e. The van der Waals surface area contributed by atoms with E-state index >= 15 is 0 Å². The number of hydrogen-bond acceptors (Lipinski definition) is 1. The second kappa shape index (κ2) is 4.83. The molecule has 1 aliphatic rings. The van der Waals surface area contributed by atoms with Crippen LogP contribution in [0.1, 0.15) is 40.0 Å². The van der Waals surface area contributed by atoms with Crippen molar-refractivity contribution >= 4 is 8.32 Å². The van der Waals surface area contributed by atoms with Crippen molar-refractivity contribution in [3.8, 4) is 0 Å². The van der Waals surface area contributed by atoms with Gasteiger partial charge in [-0.25, -0.2) is 0 Å². The van der Waals surface area contributed by atoms with E-state index in [1.54, 1.807) is 0 Å². The van der Waals surface area contributed by atoms with Crippen LogP contribution < -0.4 is 0 Å². The zero-order chi connectivity index (χ0) is 11.5. The third kappa shape index (κ3) is 3.76. The molecule has 0 aromatic heterocycles. The molecular formula is C13H26OSi. The van der Waals surface area contributed by atoms with Gasteiger partial charge in [-0.1, -0.05) is 32.9 Å². The first-order chi connectivity index (χ1) is 6.83. The lowest BCUT2D eigenvalue weighted by molar-refractivity contribution is 0.241. The number of hydrogen-bond donors (Lipinski definition) is 0. The molecule has 0 heterocycles. The molecule has 1 aliphatic carbocycles. The summed E-state index contributed by atoms with van der Waals surface area (Å²) in [6, 6.07) is 0. The van der Waals surface area contributed by atoms with Crippen molar-refractivity contribution in [1.82, 2.24) is 0 Å². The standard InChI is InChI=1S/C13H26OSi/c1-13(2,3)15(4,5)14-11-12-9-7-6-8-10-12/h7,9,12H,6,8,10-11H2,1-5H3/t12-/m0/s1. The van der Waals surface area contributed by atoms with Gasteiger partial charge in [-0.15, -0.1) is 0 Å². The molecule has 15 heavy (non-hydrogen) atoms. The van der Waals surface area contributed by atoms with Gasteiger partial charge in [-0.3, -0.25) is 0 Å². The Morgan fingerprint density at radius 3 is 2.47 bits per heavy atom. The molecule has 2 heteroatoms. The van der Waals surface area contributed by atoms with Gasteiger partial charge in [-0.2, -0.15) is 0 Å². The first-order valence-electron chi connectivity index (χ1n) is 6.13. The zero-order valence-corrected chi connectivity index (χ0v) is 12.0. The van der Waals surface area contributed by atoms with Gasteiger partial charge in [0.1, 0.15) is 0 Å². The topological polar surface area (TPSA) is 9.23 Å². The fourth-order valence-corrected chi connectivity index (χ4v) is 2.62. The van der Waals surface area contributed by atoms with E-state index in [4.69, 9.17) is 4.43 Å². The summed E-state index contributed by atoms with van der Waals surface area (Å²) in [5.41, 5.74) is 0. The quantitative estimate of drug-likeness (QED) is 0.513. The summed E-state index contributed by atoms with van der Waals surface area (Å²) in [5.74, 6) is 0.674. The van der Waals surface area contributed by atoms with Crippen LogP contribution in [0.2, 0.25) is 18.1 Å². The molecule has 0 N–H and O–H groups in total. The molecule has 0 fully saturated rings. The largest absolute Gasteiger partial charge is 0.416 e. The van der Waals surface area contributed by atoms with Gasteiger partial charge < -0.3 is 4.43 Å². The summed E-state index contributed by atoms with van der Waals surface area (Å²) in [5, 5.41) is 0.339. The van der Waals surface area contributed by atoms with Crippen molar-refractivity contribution in [2.45, 2.75) is 58.2 Å². The molecule has 0 saturated heterocycles. The summed E-state index contributed by atoms with van der Waals surface area (Å²) in [6.45, 7) is 12.5. The Bertz CT molecular complexity index is 225. The lowest BCUT2D eigenvalue weighted by Crippen LogP contribution is -2.41. The lowest BCUT2D eigenvalue weighted by Gasteiger charge is -2.37. The minimum Gasteiger partial charge on any atom is -0.416 e. The summed E-state index contributed by atoms with van der Waals surface area (Å²) in [7, 11) is -1.52. The molecule has 0 spiro atoms. The van der Waals surface area contributed by atoms with Crippen molar-refractivity contribution in [3.05, 3.63) is 12.2 Å². The van der Waals surface area contributed by atoms with Crippen molar-refractivity contribution in [2.24, 2.45) is 5.92 Å². The van der Waals surface area contributed by atoms with E-state index in [2.05, 4.69) is 46.0 Å². The molecule has 0 amide bonds. The summed E-state index contributed by atoms with van der Waals surface area (Å²) in [6.07, 6.45) is 8.56. The van der Waals surface area contributed by atoms with Crippen molar-refractivity contribution in [3.63, 3.8) is 0 Å². The van der Waals surface area contributed by atoms with E-state index < -0.39 is 8.32 Å².